The monoisotopic (exact) mass is 340 g/mol. The molecule has 1 saturated heterocycles. The zero-order chi connectivity index (χ0) is 14.4. The molecule has 1 aromatic rings. The first-order valence-corrected chi connectivity index (χ1v) is 7.80. The van der Waals surface area contributed by atoms with Crippen molar-refractivity contribution in [3.63, 3.8) is 0 Å². The SMILES string of the molecule is Cc1ccc(Br)c(C(=O)NCCCN2CCOCC2)c1. The van der Waals surface area contributed by atoms with Gasteiger partial charge >= 0.3 is 0 Å². The first-order chi connectivity index (χ1) is 9.66. The van der Waals surface area contributed by atoms with Crippen LogP contribution in [0.3, 0.4) is 0 Å². The molecule has 0 atom stereocenters. The Bertz CT molecular complexity index is 459. The second-order valence-electron chi connectivity index (χ2n) is 5.05. The van der Waals surface area contributed by atoms with Gasteiger partial charge in [-0.1, -0.05) is 11.6 Å². The Morgan fingerprint density at radius 3 is 2.90 bits per heavy atom. The Hall–Kier alpha value is -0.910. The van der Waals surface area contributed by atoms with Gasteiger partial charge in [-0.15, -0.1) is 0 Å². The van der Waals surface area contributed by atoms with Crippen LogP contribution in [-0.4, -0.2) is 50.2 Å². The Morgan fingerprint density at radius 2 is 2.15 bits per heavy atom. The zero-order valence-corrected chi connectivity index (χ0v) is 13.4. The summed E-state index contributed by atoms with van der Waals surface area (Å²) < 4.78 is 6.15. The van der Waals surface area contributed by atoms with Gasteiger partial charge in [0.25, 0.3) is 5.91 Å². The van der Waals surface area contributed by atoms with E-state index in [1.54, 1.807) is 0 Å². The fourth-order valence-corrected chi connectivity index (χ4v) is 2.66. The highest BCUT2D eigenvalue weighted by atomic mass is 79.9. The van der Waals surface area contributed by atoms with Crippen LogP contribution in [0, 0.1) is 6.92 Å². The third kappa shape index (κ3) is 4.58. The number of hydrogen-bond donors (Lipinski definition) is 1. The summed E-state index contributed by atoms with van der Waals surface area (Å²) in [7, 11) is 0. The lowest BCUT2D eigenvalue weighted by Crippen LogP contribution is -2.38. The van der Waals surface area contributed by atoms with E-state index in [4.69, 9.17) is 4.74 Å². The fourth-order valence-electron chi connectivity index (χ4n) is 2.24. The molecule has 1 aliphatic rings. The van der Waals surface area contributed by atoms with Crippen LogP contribution >= 0.6 is 15.9 Å². The molecule has 0 aromatic heterocycles. The topological polar surface area (TPSA) is 41.6 Å². The number of benzene rings is 1. The third-order valence-electron chi connectivity index (χ3n) is 3.41. The molecule has 0 spiro atoms. The van der Waals surface area contributed by atoms with Crippen LogP contribution in [0.2, 0.25) is 0 Å². The standard InChI is InChI=1S/C15H21BrN2O2/c1-12-3-4-14(16)13(11-12)15(19)17-5-2-6-18-7-9-20-10-8-18/h3-4,11H,2,5-10H2,1H3,(H,17,19). The molecule has 1 aliphatic heterocycles. The summed E-state index contributed by atoms with van der Waals surface area (Å²) in [6.45, 7) is 7.34. The van der Waals surface area contributed by atoms with Crippen LogP contribution in [-0.2, 0) is 4.74 Å². The van der Waals surface area contributed by atoms with Crippen LogP contribution in [0.4, 0.5) is 0 Å². The predicted molar refractivity (Wildman–Crippen MR) is 83.1 cm³/mol. The fraction of sp³-hybridized carbons (Fsp3) is 0.533. The predicted octanol–water partition coefficient (Wildman–Crippen LogP) is 2.21. The number of nitrogens with zero attached hydrogens (tertiary/aromatic N) is 1. The van der Waals surface area contributed by atoms with Crippen molar-refractivity contribution in [1.29, 1.82) is 0 Å². The maximum Gasteiger partial charge on any atom is 0.252 e. The van der Waals surface area contributed by atoms with Crippen LogP contribution < -0.4 is 5.32 Å². The van der Waals surface area contributed by atoms with Gasteiger partial charge < -0.3 is 10.1 Å². The molecule has 0 aliphatic carbocycles. The normalized spacial score (nSPS) is 16.1. The van der Waals surface area contributed by atoms with Crippen LogP contribution in [0.5, 0.6) is 0 Å². The number of halogens is 1. The maximum atomic E-state index is 12.1. The molecule has 1 heterocycles. The van der Waals surface area contributed by atoms with Crippen LogP contribution in [0.1, 0.15) is 22.3 Å². The van der Waals surface area contributed by atoms with Gasteiger partial charge in [0.15, 0.2) is 0 Å². The summed E-state index contributed by atoms with van der Waals surface area (Å²) in [4.78, 5) is 14.5. The molecule has 1 amide bonds. The van der Waals surface area contributed by atoms with E-state index in [0.717, 1.165) is 49.3 Å². The van der Waals surface area contributed by atoms with Gasteiger partial charge in [-0.25, -0.2) is 0 Å². The Morgan fingerprint density at radius 1 is 1.40 bits per heavy atom. The van der Waals surface area contributed by atoms with E-state index in [1.807, 2.05) is 25.1 Å². The quantitative estimate of drug-likeness (QED) is 0.835. The van der Waals surface area contributed by atoms with Crippen molar-refractivity contribution in [3.8, 4) is 0 Å². The molecule has 0 unspecified atom stereocenters. The van der Waals surface area contributed by atoms with E-state index in [-0.39, 0.29) is 5.91 Å². The van der Waals surface area contributed by atoms with E-state index in [0.29, 0.717) is 12.1 Å². The van der Waals surface area contributed by atoms with Crippen molar-refractivity contribution in [2.75, 3.05) is 39.4 Å². The van der Waals surface area contributed by atoms with E-state index < -0.39 is 0 Å². The molecule has 0 radical (unpaired) electrons. The molecule has 20 heavy (non-hydrogen) atoms. The Kier molecular flexibility index (Phi) is 6.01. The first-order valence-electron chi connectivity index (χ1n) is 7.01. The van der Waals surface area contributed by atoms with E-state index >= 15 is 0 Å². The number of rotatable bonds is 5. The summed E-state index contributed by atoms with van der Waals surface area (Å²) in [6.07, 6.45) is 0.967. The molecule has 1 N–H and O–H groups in total. The number of carbonyl (C=O) groups is 1. The number of morpholine rings is 1. The van der Waals surface area contributed by atoms with Gasteiger partial charge in [0.2, 0.25) is 0 Å². The minimum atomic E-state index is -0.0115. The number of nitrogens with one attached hydrogen (secondary N) is 1. The van der Waals surface area contributed by atoms with Crippen molar-refractivity contribution in [3.05, 3.63) is 33.8 Å². The number of amides is 1. The van der Waals surface area contributed by atoms with E-state index in [9.17, 15) is 4.79 Å². The molecule has 1 fully saturated rings. The summed E-state index contributed by atoms with van der Waals surface area (Å²) in [5.74, 6) is -0.0115. The van der Waals surface area contributed by atoms with Crippen molar-refractivity contribution in [1.82, 2.24) is 10.2 Å². The second-order valence-corrected chi connectivity index (χ2v) is 5.90. The van der Waals surface area contributed by atoms with E-state index in [1.165, 1.54) is 0 Å². The Balaban J connectivity index is 1.73. The van der Waals surface area contributed by atoms with Gasteiger partial charge in [-0.3, -0.25) is 9.69 Å². The molecule has 5 heteroatoms. The van der Waals surface area contributed by atoms with Gasteiger partial charge in [0.1, 0.15) is 0 Å². The van der Waals surface area contributed by atoms with Crippen LogP contribution in [0.25, 0.3) is 0 Å². The second kappa shape index (κ2) is 7.76. The van der Waals surface area contributed by atoms with Crippen molar-refractivity contribution in [2.24, 2.45) is 0 Å². The minimum Gasteiger partial charge on any atom is -0.379 e. The molecular formula is C15H21BrN2O2. The molecule has 4 nitrogen and oxygen atoms in total. The van der Waals surface area contributed by atoms with Crippen molar-refractivity contribution in [2.45, 2.75) is 13.3 Å². The molecule has 1 aromatic carbocycles. The third-order valence-corrected chi connectivity index (χ3v) is 4.10. The zero-order valence-electron chi connectivity index (χ0n) is 11.8. The first kappa shape index (κ1) is 15.5. The molecule has 2 rings (SSSR count). The maximum absolute atomic E-state index is 12.1. The summed E-state index contributed by atoms with van der Waals surface area (Å²) in [5, 5.41) is 2.98. The highest BCUT2D eigenvalue weighted by Crippen LogP contribution is 2.17. The summed E-state index contributed by atoms with van der Waals surface area (Å²) in [5.41, 5.74) is 1.79. The number of ether oxygens (including phenoxy) is 1. The van der Waals surface area contributed by atoms with Gasteiger partial charge in [-0.2, -0.15) is 0 Å². The molecule has 0 saturated carbocycles. The number of carbonyl (C=O) groups excluding carboxylic acids is 1. The Labute approximate surface area is 128 Å². The number of hydrogen-bond acceptors (Lipinski definition) is 3. The lowest BCUT2D eigenvalue weighted by atomic mass is 10.1. The van der Waals surface area contributed by atoms with E-state index in [2.05, 4.69) is 26.1 Å². The molecular weight excluding hydrogens is 320 g/mol. The van der Waals surface area contributed by atoms with Gasteiger partial charge in [-0.05, 0) is 48.0 Å². The van der Waals surface area contributed by atoms with Crippen molar-refractivity contribution < 1.29 is 9.53 Å². The number of aryl methyl sites for hydroxylation is 1. The average molecular weight is 341 g/mol. The highest BCUT2D eigenvalue weighted by molar-refractivity contribution is 9.10. The highest BCUT2D eigenvalue weighted by Gasteiger charge is 2.11. The summed E-state index contributed by atoms with van der Waals surface area (Å²) in [6, 6.07) is 5.80. The largest absolute Gasteiger partial charge is 0.379 e. The smallest absolute Gasteiger partial charge is 0.252 e. The van der Waals surface area contributed by atoms with Crippen molar-refractivity contribution >= 4 is 21.8 Å². The van der Waals surface area contributed by atoms with Crippen LogP contribution in [0.15, 0.2) is 22.7 Å². The average Bonchev–Trinajstić information content (AvgIpc) is 2.47. The molecule has 0 bridgehead atoms. The lowest BCUT2D eigenvalue weighted by Gasteiger charge is -2.26. The molecule has 110 valence electrons. The minimum absolute atomic E-state index is 0.0115. The van der Waals surface area contributed by atoms with Gasteiger partial charge in [0, 0.05) is 24.1 Å². The van der Waals surface area contributed by atoms with Gasteiger partial charge in [0.05, 0.1) is 18.8 Å². The summed E-state index contributed by atoms with van der Waals surface area (Å²) >= 11 is 3.42. The lowest BCUT2D eigenvalue weighted by molar-refractivity contribution is 0.0374.